The maximum Gasteiger partial charge on any atom is 0.233 e. The summed E-state index contributed by atoms with van der Waals surface area (Å²) in [4.78, 5) is 16.5. The van der Waals surface area contributed by atoms with E-state index >= 15 is 0 Å². The predicted molar refractivity (Wildman–Crippen MR) is 91.5 cm³/mol. The van der Waals surface area contributed by atoms with Crippen LogP contribution in [0.1, 0.15) is 25.5 Å². The molecule has 0 saturated heterocycles. The molecule has 0 bridgehead atoms. The van der Waals surface area contributed by atoms with E-state index in [9.17, 15) is 4.79 Å². The number of nitrogens with zero attached hydrogens (tertiary/aromatic N) is 2. The molecule has 0 aliphatic rings. The molecule has 0 spiro atoms. The first-order valence-electron chi connectivity index (χ1n) is 6.77. The van der Waals surface area contributed by atoms with Crippen LogP contribution in [-0.2, 0) is 11.8 Å². The maximum atomic E-state index is 12.3. The molecule has 1 aromatic heterocycles. The van der Waals surface area contributed by atoms with Crippen molar-refractivity contribution in [1.82, 2.24) is 14.9 Å². The van der Waals surface area contributed by atoms with E-state index in [1.165, 1.54) is 11.8 Å². The first-order valence-corrected chi connectivity index (χ1v) is 8.41. The fraction of sp³-hybridized carbons (Fsp3) is 0.333. The highest BCUT2D eigenvalue weighted by Gasteiger charge is 2.20. The Labute approximate surface area is 144 Å². The second kappa shape index (κ2) is 7.40. The zero-order valence-corrected chi connectivity index (χ0v) is 14.8. The van der Waals surface area contributed by atoms with Crippen LogP contribution in [0.5, 0.6) is 0 Å². The van der Waals surface area contributed by atoms with E-state index in [1.807, 2.05) is 37.7 Å². The van der Waals surface area contributed by atoms with Gasteiger partial charge >= 0.3 is 0 Å². The average Bonchev–Trinajstić information content (AvgIpc) is 2.83. The lowest BCUT2D eigenvalue weighted by atomic mass is 10.1. The average molecular weight is 358 g/mol. The first kappa shape index (κ1) is 17.2. The largest absolute Gasteiger partial charge is 0.349 e. The van der Waals surface area contributed by atoms with Crippen molar-refractivity contribution in [3.8, 4) is 0 Å². The van der Waals surface area contributed by atoms with Gasteiger partial charge in [0.15, 0.2) is 5.16 Å². The minimum Gasteiger partial charge on any atom is -0.349 e. The number of carbonyl (C=O) groups is 1. The zero-order valence-electron chi connectivity index (χ0n) is 12.5. The van der Waals surface area contributed by atoms with E-state index in [-0.39, 0.29) is 17.2 Å². The fourth-order valence-electron chi connectivity index (χ4n) is 1.94. The molecule has 118 valence electrons. The Morgan fingerprint density at radius 2 is 2.09 bits per heavy atom. The summed E-state index contributed by atoms with van der Waals surface area (Å²) >= 11 is 13.5. The molecule has 0 radical (unpaired) electrons. The van der Waals surface area contributed by atoms with Gasteiger partial charge in [-0.3, -0.25) is 4.79 Å². The molecule has 1 N–H and O–H groups in total. The summed E-state index contributed by atoms with van der Waals surface area (Å²) in [6.07, 6.45) is 3.56. The smallest absolute Gasteiger partial charge is 0.233 e. The number of amides is 1. The number of nitrogens with one attached hydrogen (secondary N) is 1. The number of thioether (sulfide) groups is 1. The molecule has 2 atom stereocenters. The second-order valence-electron chi connectivity index (χ2n) is 4.98. The van der Waals surface area contributed by atoms with E-state index in [0.717, 1.165) is 10.7 Å². The summed E-state index contributed by atoms with van der Waals surface area (Å²) in [6, 6.07) is 5.07. The summed E-state index contributed by atoms with van der Waals surface area (Å²) in [5, 5.41) is 4.64. The highest BCUT2D eigenvalue weighted by atomic mass is 35.5. The molecule has 2 aromatic rings. The van der Waals surface area contributed by atoms with Crippen molar-refractivity contribution in [3.05, 3.63) is 46.2 Å². The first-order chi connectivity index (χ1) is 10.4. The van der Waals surface area contributed by atoms with E-state index in [1.54, 1.807) is 18.3 Å². The molecule has 1 amide bonds. The third-order valence-corrected chi connectivity index (χ3v) is 4.95. The molecular formula is C15H17Cl2N3OS. The number of rotatable bonds is 5. The lowest BCUT2D eigenvalue weighted by Gasteiger charge is -2.18. The number of hydrogen-bond donors (Lipinski definition) is 1. The Kier molecular flexibility index (Phi) is 5.78. The quantitative estimate of drug-likeness (QED) is 0.819. The Morgan fingerprint density at radius 3 is 2.68 bits per heavy atom. The van der Waals surface area contributed by atoms with Crippen molar-refractivity contribution < 1.29 is 4.79 Å². The van der Waals surface area contributed by atoms with Crippen molar-refractivity contribution in [3.63, 3.8) is 0 Å². The third-order valence-electron chi connectivity index (χ3n) is 3.22. The molecule has 0 unspecified atom stereocenters. The monoisotopic (exact) mass is 357 g/mol. The highest BCUT2D eigenvalue weighted by molar-refractivity contribution is 8.00. The topological polar surface area (TPSA) is 46.9 Å². The van der Waals surface area contributed by atoms with Gasteiger partial charge in [0.05, 0.1) is 11.3 Å². The lowest BCUT2D eigenvalue weighted by Crippen LogP contribution is -2.33. The Morgan fingerprint density at radius 1 is 1.36 bits per heavy atom. The van der Waals surface area contributed by atoms with Gasteiger partial charge in [-0.1, -0.05) is 41.0 Å². The molecule has 1 heterocycles. The number of imidazole rings is 1. The molecule has 2 rings (SSSR count). The number of aryl methyl sites for hydroxylation is 1. The van der Waals surface area contributed by atoms with Crippen LogP contribution in [0.15, 0.2) is 35.7 Å². The predicted octanol–water partition coefficient (Wildman–Crippen LogP) is 4.08. The van der Waals surface area contributed by atoms with E-state index in [4.69, 9.17) is 23.2 Å². The van der Waals surface area contributed by atoms with Crippen LogP contribution in [-0.4, -0.2) is 20.7 Å². The molecule has 7 heteroatoms. The van der Waals surface area contributed by atoms with Crippen LogP contribution in [0, 0.1) is 0 Å². The van der Waals surface area contributed by atoms with Gasteiger partial charge in [-0.2, -0.15) is 0 Å². The van der Waals surface area contributed by atoms with Crippen molar-refractivity contribution >= 4 is 40.9 Å². The second-order valence-corrected chi connectivity index (χ2v) is 7.13. The number of hydrogen-bond acceptors (Lipinski definition) is 3. The van der Waals surface area contributed by atoms with Crippen LogP contribution < -0.4 is 5.32 Å². The van der Waals surface area contributed by atoms with Gasteiger partial charge in [0.1, 0.15) is 0 Å². The van der Waals surface area contributed by atoms with Gasteiger partial charge in [0.25, 0.3) is 0 Å². The normalized spacial score (nSPS) is 13.7. The van der Waals surface area contributed by atoms with E-state index in [2.05, 4.69) is 10.3 Å². The number of aromatic nitrogens is 2. The molecule has 22 heavy (non-hydrogen) atoms. The van der Waals surface area contributed by atoms with E-state index < -0.39 is 0 Å². The number of halogens is 2. The van der Waals surface area contributed by atoms with E-state index in [0.29, 0.717) is 10.0 Å². The van der Waals surface area contributed by atoms with Crippen LogP contribution >= 0.6 is 35.0 Å². The van der Waals surface area contributed by atoms with Crippen molar-refractivity contribution in [1.29, 1.82) is 0 Å². The SMILES string of the molecule is C[C@H](Sc1nccn1C)C(=O)N[C@@H](C)c1ccc(Cl)cc1Cl. The molecule has 0 saturated carbocycles. The van der Waals surface area contributed by atoms with Crippen LogP contribution in [0.2, 0.25) is 10.0 Å². The Hall–Kier alpha value is -1.17. The minimum absolute atomic E-state index is 0.0634. The summed E-state index contributed by atoms with van der Waals surface area (Å²) in [6.45, 7) is 3.75. The van der Waals surface area contributed by atoms with Gasteiger partial charge in [-0.15, -0.1) is 0 Å². The lowest BCUT2D eigenvalue weighted by molar-refractivity contribution is -0.120. The molecule has 1 aromatic carbocycles. The van der Waals surface area contributed by atoms with Crippen molar-refractivity contribution in [2.45, 2.75) is 30.3 Å². The minimum atomic E-state index is -0.255. The van der Waals surface area contributed by atoms with Crippen LogP contribution in [0.3, 0.4) is 0 Å². The summed E-state index contributed by atoms with van der Waals surface area (Å²) in [7, 11) is 1.90. The number of carbonyl (C=O) groups excluding carboxylic acids is 1. The summed E-state index contributed by atoms with van der Waals surface area (Å²) in [5.74, 6) is -0.0634. The van der Waals surface area contributed by atoms with Gasteiger partial charge in [-0.05, 0) is 31.5 Å². The molecule has 0 aliphatic heterocycles. The van der Waals surface area contributed by atoms with Gasteiger partial charge < -0.3 is 9.88 Å². The highest BCUT2D eigenvalue weighted by Crippen LogP contribution is 2.27. The van der Waals surface area contributed by atoms with Gasteiger partial charge in [0, 0.05) is 29.5 Å². The van der Waals surface area contributed by atoms with Crippen LogP contribution in [0.25, 0.3) is 0 Å². The summed E-state index contributed by atoms with van der Waals surface area (Å²) < 4.78 is 1.88. The van der Waals surface area contributed by atoms with Crippen molar-refractivity contribution in [2.75, 3.05) is 0 Å². The van der Waals surface area contributed by atoms with Gasteiger partial charge in [0.2, 0.25) is 5.91 Å². The Balaban J connectivity index is 2.00. The summed E-state index contributed by atoms with van der Waals surface area (Å²) in [5.41, 5.74) is 0.841. The van der Waals surface area contributed by atoms with Crippen molar-refractivity contribution in [2.24, 2.45) is 7.05 Å². The molecule has 0 aliphatic carbocycles. The molecule has 0 fully saturated rings. The fourth-order valence-corrected chi connectivity index (χ4v) is 3.35. The molecular weight excluding hydrogens is 341 g/mol. The molecule has 4 nitrogen and oxygen atoms in total. The van der Waals surface area contributed by atoms with Crippen LogP contribution in [0.4, 0.5) is 0 Å². The van der Waals surface area contributed by atoms with Gasteiger partial charge in [-0.25, -0.2) is 4.98 Å². The zero-order chi connectivity index (χ0) is 16.3. The maximum absolute atomic E-state index is 12.3. The Bertz CT molecular complexity index is 675. The standard InChI is InChI=1S/C15H17Cl2N3OS/c1-9(12-5-4-11(16)8-13(12)17)19-14(21)10(2)22-15-18-6-7-20(15)3/h4-10H,1-3H3,(H,19,21)/t9-,10-/m0/s1. The third kappa shape index (κ3) is 4.18. The number of benzene rings is 1.